The molecule has 10 nitrogen and oxygen atoms in total. The zero-order valence-electron chi connectivity index (χ0n) is 33.0. The van der Waals surface area contributed by atoms with E-state index in [4.69, 9.17) is 4.74 Å². The molecule has 0 aromatic heterocycles. The molecule has 3 aromatic carbocycles. The number of fused-ring (bicyclic) bond motifs is 1. The lowest BCUT2D eigenvalue weighted by molar-refractivity contribution is -0.114. The van der Waals surface area contributed by atoms with Crippen LogP contribution in [0, 0.1) is 23.5 Å². The number of hydrogen-bond donors (Lipinski definition) is 1. The van der Waals surface area contributed by atoms with Gasteiger partial charge in [-0.05, 0) is 136 Å². The number of alkyl halides is 1. The summed E-state index contributed by atoms with van der Waals surface area (Å²) < 4.78 is 79.2. The van der Waals surface area contributed by atoms with Crippen LogP contribution in [0.3, 0.4) is 0 Å². The molecular weight excluding hydrogens is 768 g/mol. The van der Waals surface area contributed by atoms with Crippen molar-refractivity contribution in [3.05, 3.63) is 96.1 Å². The fourth-order valence-corrected chi connectivity index (χ4v) is 11.9. The summed E-state index contributed by atoms with van der Waals surface area (Å²) in [4.78, 5) is 32.2. The lowest BCUT2D eigenvalue weighted by Crippen LogP contribution is -2.65. The highest BCUT2D eigenvalue weighted by Gasteiger charge is 2.54. The highest BCUT2D eigenvalue weighted by Crippen LogP contribution is 2.52. The van der Waals surface area contributed by atoms with Crippen LogP contribution in [0.2, 0.25) is 0 Å². The van der Waals surface area contributed by atoms with Crippen LogP contribution in [0.1, 0.15) is 49.7 Å². The number of carbonyl (C=O) groups excluding carboxylic acids is 2. The maximum Gasteiger partial charge on any atom is 0.407 e. The maximum atomic E-state index is 16.4. The number of sulfone groups is 1. The molecule has 0 radical (unpaired) electrons. The highest BCUT2D eigenvalue weighted by atomic mass is 32.2. The Morgan fingerprint density at radius 1 is 0.914 bits per heavy atom. The second-order valence-corrected chi connectivity index (χ2v) is 18.8. The van der Waals surface area contributed by atoms with Gasteiger partial charge in [0.2, 0.25) is 15.7 Å². The van der Waals surface area contributed by atoms with Crippen molar-refractivity contribution in [2.24, 2.45) is 11.8 Å². The summed E-state index contributed by atoms with van der Waals surface area (Å²) in [6, 6.07) is 15.2. The molecule has 3 saturated heterocycles. The zero-order chi connectivity index (χ0) is 40.8. The Bertz CT molecular complexity index is 2170. The third kappa shape index (κ3) is 7.51. The summed E-state index contributed by atoms with van der Waals surface area (Å²) in [5, 5.41) is 3.12. The second kappa shape index (κ2) is 16.0. The minimum absolute atomic E-state index is 0.0287. The Morgan fingerprint density at radius 3 is 2.33 bits per heavy atom. The number of amides is 2. The quantitative estimate of drug-likeness (QED) is 0.213. The molecule has 14 heteroatoms. The van der Waals surface area contributed by atoms with Gasteiger partial charge in [0.05, 0.1) is 35.7 Å². The van der Waals surface area contributed by atoms with Crippen molar-refractivity contribution in [2.75, 3.05) is 75.8 Å². The molecule has 310 valence electrons. The number of likely N-dealkylation sites (tertiary alicyclic amines) is 2. The number of nitrogens with one attached hydrogen (secondary N) is 1. The first-order valence-corrected chi connectivity index (χ1v) is 21.9. The molecule has 4 aliphatic heterocycles. The number of benzene rings is 3. The Balaban J connectivity index is 0.943. The van der Waals surface area contributed by atoms with Crippen molar-refractivity contribution < 1.29 is 35.9 Å². The van der Waals surface area contributed by atoms with E-state index in [2.05, 4.69) is 21.7 Å². The van der Waals surface area contributed by atoms with Gasteiger partial charge in [0.15, 0.2) is 5.67 Å². The zero-order valence-corrected chi connectivity index (χ0v) is 33.8. The van der Waals surface area contributed by atoms with Crippen LogP contribution in [0.25, 0.3) is 0 Å². The number of anilines is 2. The van der Waals surface area contributed by atoms with Crippen LogP contribution in [0.4, 0.5) is 29.3 Å². The first-order chi connectivity index (χ1) is 27.8. The number of hydrogen-bond acceptors (Lipinski definition) is 8. The van der Waals surface area contributed by atoms with Crippen molar-refractivity contribution >= 4 is 33.2 Å². The third-order valence-electron chi connectivity index (χ3n) is 13.5. The van der Waals surface area contributed by atoms with Gasteiger partial charge in [-0.3, -0.25) is 9.69 Å². The molecule has 0 bridgehead atoms. The van der Waals surface area contributed by atoms with Crippen LogP contribution in [0.5, 0.6) is 0 Å². The van der Waals surface area contributed by atoms with Gasteiger partial charge in [0.25, 0.3) is 0 Å². The van der Waals surface area contributed by atoms with E-state index >= 15 is 13.2 Å². The SMILES string of the molecule is C=CC(=O)N1CCc2ccc(S(=O)(=O)c3ccc(N4CC(F)(CN5CCC(C(CN6CCC6)(c6cccc(F)c6)[C@H]6CCC[C@@H]6NC(=O)OC)CC5)C4)c(F)c3)cc21. The van der Waals surface area contributed by atoms with E-state index in [1.807, 2.05) is 6.07 Å². The molecular formula is C44H52F3N5O5S. The smallest absolute Gasteiger partial charge is 0.407 e. The van der Waals surface area contributed by atoms with Crippen LogP contribution in [-0.4, -0.2) is 108 Å². The average molecular weight is 820 g/mol. The fourth-order valence-electron chi connectivity index (χ4n) is 10.6. The van der Waals surface area contributed by atoms with Gasteiger partial charge in [-0.25, -0.2) is 26.4 Å². The predicted octanol–water partition coefficient (Wildman–Crippen LogP) is 6.28. The molecule has 1 aliphatic carbocycles. The number of alkyl carbamates (subject to hydrolysis) is 1. The first kappa shape index (κ1) is 40.4. The summed E-state index contributed by atoms with van der Waals surface area (Å²) in [5.74, 6) is -1.12. The lowest BCUT2D eigenvalue weighted by atomic mass is 9.57. The van der Waals surface area contributed by atoms with Crippen molar-refractivity contribution in [1.82, 2.24) is 15.1 Å². The molecule has 1 N–H and O–H groups in total. The molecule has 0 spiro atoms. The minimum Gasteiger partial charge on any atom is -0.453 e. The summed E-state index contributed by atoms with van der Waals surface area (Å²) in [5.41, 5.74) is 0.429. The number of carbonyl (C=O) groups is 2. The molecule has 8 rings (SSSR count). The second-order valence-electron chi connectivity index (χ2n) is 16.9. The number of methoxy groups -OCH3 is 1. The minimum atomic E-state index is -4.12. The summed E-state index contributed by atoms with van der Waals surface area (Å²) in [7, 11) is -2.75. The van der Waals surface area contributed by atoms with E-state index in [-0.39, 0.29) is 64.7 Å². The number of halogens is 3. The van der Waals surface area contributed by atoms with E-state index in [9.17, 15) is 18.0 Å². The van der Waals surface area contributed by atoms with E-state index < -0.39 is 32.8 Å². The molecule has 4 fully saturated rings. The molecule has 3 aromatic rings. The maximum absolute atomic E-state index is 16.4. The Morgan fingerprint density at radius 2 is 1.66 bits per heavy atom. The molecule has 2 amide bonds. The number of rotatable bonds is 12. The summed E-state index contributed by atoms with van der Waals surface area (Å²) in [6.45, 7) is 8.10. The number of ether oxygens (including phenoxy) is 1. The Kier molecular flexibility index (Phi) is 11.1. The number of nitrogens with zero attached hydrogens (tertiary/aromatic N) is 4. The van der Waals surface area contributed by atoms with Gasteiger partial charge in [0.1, 0.15) is 11.6 Å². The topological polar surface area (TPSA) is 103 Å². The van der Waals surface area contributed by atoms with E-state index in [0.29, 0.717) is 31.7 Å². The van der Waals surface area contributed by atoms with Crippen molar-refractivity contribution in [2.45, 2.75) is 71.9 Å². The van der Waals surface area contributed by atoms with Gasteiger partial charge in [-0.1, -0.05) is 31.2 Å². The molecule has 1 unspecified atom stereocenters. The lowest BCUT2D eigenvalue weighted by Gasteiger charge is -2.54. The van der Waals surface area contributed by atoms with Gasteiger partial charge < -0.3 is 24.8 Å². The molecule has 58 heavy (non-hydrogen) atoms. The predicted molar refractivity (Wildman–Crippen MR) is 216 cm³/mol. The normalized spacial score (nSPS) is 23.4. The van der Waals surface area contributed by atoms with E-state index in [0.717, 1.165) is 75.4 Å². The van der Waals surface area contributed by atoms with Crippen LogP contribution in [0.15, 0.2) is 83.1 Å². The van der Waals surface area contributed by atoms with Gasteiger partial charge in [-0.15, -0.1) is 0 Å². The molecule has 4 heterocycles. The highest BCUT2D eigenvalue weighted by molar-refractivity contribution is 7.91. The van der Waals surface area contributed by atoms with Gasteiger partial charge in [0, 0.05) is 36.8 Å². The van der Waals surface area contributed by atoms with Crippen LogP contribution >= 0.6 is 0 Å². The average Bonchev–Trinajstić information content (AvgIpc) is 3.84. The Hall–Kier alpha value is -4.40. The third-order valence-corrected chi connectivity index (χ3v) is 15.3. The number of piperidine rings is 1. The molecule has 5 aliphatic rings. The standard InChI is InChI=1S/C44H52F3N5O5S/c1-3-41(53)52-22-15-30-11-12-35(25-40(30)52)58(55,56)34-13-14-39(37(46)24-34)51-27-43(47,28-51)26-50-20-16-31(17-21-50)44(29-49-18-6-19-49,32-7-4-8-33(45)23-32)36-9-5-10-38(36)48-42(54)57-2/h3-4,7-8,11-14,23-25,31,36,38H,1,5-6,9-10,15-22,26-29H2,2H3,(H,48,54)/t36-,38-,44?/m0/s1. The van der Waals surface area contributed by atoms with E-state index in [1.54, 1.807) is 23.1 Å². The van der Waals surface area contributed by atoms with Crippen LogP contribution < -0.4 is 15.1 Å². The van der Waals surface area contributed by atoms with Crippen LogP contribution in [-0.2, 0) is 31.2 Å². The Labute approximate surface area is 338 Å². The fraction of sp³-hybridized carbons (Fsp3) is 0.500. The summed E-state index contributed by atoms with van der Waals surface area (Å²) in [6.07, 6.45) is 6.67. The molecule has 3 atom stereocenters. The first-order valence-electron chi connectivity index (χ1n) is 20.4. The van der Waals surface area contributed by atoms with E-state index in [1.165, 1.54) is 48.4 Å². The molecule has 1 saturated carbocycles. The largest absolute Gasteiger partial charge is 0.453 e. The van der Waals surface area contributed by atoms with Crippen molar-refractivity contribution in [1.29, 1.82) is 0 Å². The van der Waals surface area contributed by atoms with Gasteiger partial charge >= 0.3 is 6.09 Å². The monoisotopic (exact) mass is 819 g/mol. The van der Waals surface area contributed by atoms with Crippen molar-refractivity contribution in [3.8, 4) is 0 Å². The van der Waals surface area contributed by atoms with Crippen molar-refractivity contribution in [3.63, 3.8) is 0 Å². The van der Waals surface area contributed by atoms with Gasteiger partial charge in [-0.2, -0.15) is 0 Å². The summed E-state index contributed by atoms with van der Waals surface area (Å²) >= 11 is 0.